The smallest absolute Gasteiger partial charge is 0.269 e. The largest absolute Gasteiger partial charge is 0.492 e. The molecule has 0 aromatic heterocycles. The van der Waals surface area contributed by atoms with E-state index < -0.39 is 27.7 Å². The summed E-state index contributed by atoms with van der Waals surface area (Å²) in [6, 6.07) is 12.7. The van der Waals surface area contributed by atoms with Crippen molar-refractivity contribution in [1.82, 2.24) is 4.72 Å². The number of anilines is 1. The Bertz CT molecular complexity index is 1170. The van der Waals surface area contributed by atoms with Crippen LogP contribution in [0.25, 0.3) is 11.3 Å². The molecule has 0 spiro atoms. The van der Waals surface area contributed by atoms with Gasteiger partial charge in [-0.15, -0.1) is 0 Å². The third-order valence-electron chi connectivity index (χ3n) is 4.35. The van der Waals surface area contributed by atoms with E-state index in [-0.39, 0.29) is 34.1 Å². The van der Waals surface area contributed by atoms with Gasteiger partial charge in [0.1, 0.15) is 5.76 Å². The molecule has 0 radical (unpaired) electrons. The second-order valence-electron chi connectivity index (χ2n) is 6.50. The summed E-state index contributed by atoms with van der Waals surface area (Å²) in [5, 5.41) is 0. The molecule has 0 bridgehead atoms. The van der Waals surface area contributed by atoms with Crippen molar-refractivity contribution in [2.75, 3.05) is 11.5 Å². The first kappa shape index (κ1) is 21.3. The van der Waals surface area contributed by atoms with E-state index in [1.54, 1.807) is 31.2 Å². The van der Waals surface area contributed by atoms with Crippen molar-refractivity contribution in [3.8, 4) is 0 Å². The van der Waals surface area contributed by atoms with Crippen LogP contribution in [-0.4, -0.2) is 32.7 Å². The summed E-state index contributed by atoms with van der Waals surface area (Å²) >= 11 is 0. The van der Waals surface area contributed by atoms with Crippen molar-refractivity contribution >= 4 is 44.8 Å². The van der Waals surface area contributed by atoms with Crippen molar-refractivity contribution in [1.29, 1.82) is 0 Å². The predicted octanol–water partition coefficient (Wildman–Crippen LogP) is 2.31. The molecular formula is C21H20N2O6S. The highest BCUT2D eigenvalue weighted by Crippen LogP contribution is 2.42. The summed E-state index contributed by atoms with van der Waals surface area (Å²) in [6.07, 6.45) is 0. The van der Waals surface area contributed by atoms with E-state index in [0.717, 1.165) is 11.8 Å². The predicted molar refractivity (Wildman–Crippen MR) is 110 cm³/mol. The van der Waals surface area contributed by atoms with Gasteiger partial charge in [-0.05, 0) is 25.1 Å². The number of imide groups is 1. The number of amides is 3. The lowest BCUT2D eigenvalue weighted by Crippen LogP contribution is -2.31. The first-order valence-electron chi connectivity index (χ1n) is 9.12. The quantitative estimate of drug-likeness (QED) is 0.578. The Labute approximate surface area is 174 Å². The van der Waals surface area contributed by atoms with Gasteiger partial charge in [-0.3, -0.25) is 14.4 Å². The fourth-order valence-electron chi connectivity index (χ4n) is 3.23. The van der Waals surface area contributed by atoms with Gasteiger partial charge in [0, 0.05) is 25.0 Å². The molecule has 0 atom stereocenters. The zero-order valence-corrected chi connectivity index (χ0v) is 17.4. The lowest BCUT2D eigenvalue weighted by Gasteiger charge is -2.13. The van der Waals surface area contributed by atoms with Crippen LogP contribution in [0, 0.1) is 0 Å². The highest BCUT2D eigenvalue weighted by molar-refractivity contribution is 7.90. The second-order valence-corrected chi connectivity index (χ2v) is 8.19. The van der Waals surface area contributed by atoms with Gasteiger partial charge in [-0.2, -0.15) is 0 Å². The molecule has 2 aromatic carbocycles. The summed E-state index contributed by atoms with van der Waals surface area (Å²) in [5.41, 5.74) is 1.16. The number of carbonyl (C=O) groups excluding carboxylic acids is 3. The van der Waals surface area contributed by atoms with E-state index in [1.165, 1.54) is 25.1 Å². The Morgan fingerprint density at radius 3 is 2.30 bits per heavy atom. The zero-order chi connectivity index (χ0) is 22.1. The maximum atomic E-state index is 13.2. The van der Waals surface area contributed by atoms with Gasteiger partial charge in [0.05, 0.1) is 22.8 Å². The van der Waals surface area contributed by atoms with E-state index in [0.29, 0.717) is 5.56 Å². The lowest BCUT2D eigenvalue weighted by molar-refractivity contribution is -0.122. The van der Waals surface area contributed by atoms with Crippen molar-refractivity contribution in [3.05, 3.63) is 59.7 Å². The molecule has 1 aliphatic heterocycles. The molecule has 2 aromatic rings. The van der Waals surface area contributed by atoms with Gasteiger partial charge < -0.3 is 4.74 Å². The average Bonchev–Trinajstić information content (AvgIpc) is 2.97. The highest BCUT2D eigenvalue weighted by atomic mass is 32.2. The highest BCUT2D eigenvalue weighted by Gasteiger charge is 2.39. The Morgan fingerprint density at radius 1 is 1.07 bits per heavy atom. The molecule has 3 rings (SSSR count). The minimum atomic E-state index is -4.14. The SMILES string of the molecule is CCOC(=C1C(=O)N(C(C)=O)c2ccc(S(=O)(=O)NC(C)=O)cc21)c1ccccc1. The number of sulfonamides is 1. The maximum Gasteiger partial charge on any atom is 0.269 e. The Morgan fingerprint density at radius 2 is 1.73 bits per heavy atom. The minimum absolute atomic E-state index is 0.0770. The second kappa shape index (κ2) is 8.11. The van der Waals surface area contributed by atoms with Gasteiger partial charge in [-0.1, -0.05) is 30.3 Å². The number of rotatable bonds is 5. The number of nitrogens with zero attached hydrogens (tertiary/aromatic N) is 1. The van der Waals surface area contributed by atoms with Gasteiger partial charge in [-0.25, -0.2) is 18.0 Å². The van der Waals surface area contributed by atoms with E-state index >= 15 is 0 Å². The summed E-state index contributed by atoms with van der Waals surface area (Å²) in [6.45, 7) is 4.33. The zero-order valence-electron chi connectivity index (χ0n) is 16.6. The number of ether oxygens (including phenoxy) is 1. The van der Waals surface area contributed by atoms with E-state index in [4.69, 9.17) is 4.74 Å². The summed E-state index contributed by atoms with van der Waals surface area (Å²) < 4.78 is 32.6. The number of nitrogens with one attached hydrogen (secondary N) is 1. The topological polar surface area (TPSA) is 110 Å². The van der Waals surface area contributed by atoms with Crippen molar-refractivity contribution in [2.24, 2.45) is 0 Å². The molecule has 1 N–H and O–H groups in total. The monoisotopic (exact) mass is 428 g/mol. The first-order chi connectivity index (χ1) is 14.2. The van der Waals surface area contributed by atoms with Crippen LogP contribution in [0.5, 0.6) is 0 Å². The van der Waals surface area contributed by atoms with Crippen LogP contribution in [0.15, 0.2) is 53.4 Å². The third kappa shape index (κ3) is 3.84. The van der Waals surface area contributed by atoms with Crippen LogP contribution >= 0.6 is 0 Å². The van der Waals surface area contributed by atoms with Gasteiger partial charge in [0.25, 0.3) is 15.9 Å². The van der Waals surface area contributed by atoms with Crippen LogP contribution < -0.4 is 9.62 Å². The van der Waals surface area contributed by atoms with E-state index in [9.17, 15) is 22.8 Å². The summed E-state index contributed by atoms with van der Waals surface area (Å²) in [4.78, 5) is 37.4. The number of hydrogen-bond donors (Lipinski definition) is 1. The van der Waals surface area contributed by atoms with Crippen LogP contribution in [-0.2, 0) is 29.1 Å². The Kier molecular flexibility index (Phi) is 5.75. The number of hydrogen-bond acceptors (Lipinski definition) is 6. The molecule has 0 aliphatic carbocycles. The van der Waals surface area contributed by atoms with Crippen LogP contribution in [0.3, 0.4) is 0 Å². The van der Waals surface area contributed by atoms with E-state index in [2.05, 4.69) is 0 Å². The van der Waals surface area contributed by atoms with E-state index in [1.807, 2.05) is 10.8 Å². The Hall–Kier alpha value is -3.46. The van der Waals surface area contributed by atoms with Crippen molar-refractivity contribution in [3.63, 3.8) is 0 Å². The van der Waals surface area contributed by atoms with Crippen LogP contribution in [0.4, 0.5) is 5.69 Å². The number of benzene rings is 2. The van der Waals surface area contributed by atoms with Gasteiger partial charge in [0.15, 0.2) is 0 Å². The lowest BCUT2D eigenvalue weighted by atomic mass is 10.0. The molecule has 3 amide bonds. The van der Waals surface area contributed by atoms with Gasteiger partial charge >= 0.3 is 0 Å². The minimum Gasteiger partial charge on any atom is -0.492 e. The maximum absolute atomic E-state index is 13.2. The molecule has 0 unspecified atom stereocenters. The summed E-state index contributed by atoms with van der Waals surface area (Å²) in [5.74, 6) is -1.63. The number of fused-ring (bicyclic) bond motifs is 1. The normalized spacial score (nSPS) is 14.9. The molecular weight excluding hydrogens is 408 g/mol. The fraction of sp³-hybridized carbons (Fsp3) is 0.190. The summed E-state index contributed by atoms with van der Waals surface area (Å²) in [7, 11) is -4.14. The molecule has 156 valence electrons. The molecule has 0 saturated heterocycles. The molecule has 0 fully saturated rings. The van der Waals surface area contributed by atoms with Crippen molar-refractivity contribution < 1.29 is 27.5 Å². The van der Waals surface area contributed by atoms with Crippen LogP contribution in [0.2, 0.25) is 0 Å². The third-order valence-corrected chi connectivity index (χ3v) is 5.78. The van der Waals surface area contributed by atoms with Crippen molar-refractivity contribution in [2.45, 2.75) is 25.7 Å². The number of carbonyl (C=O) groups is 3. The molecule has 1 aliphatic rings. The molecule has 30 heavy (non-hydrogen) atoms. The molecule has 1 heterocycles. The molecule has 8 nitrogen and oxygen atoms in total. The van der Waals surface area contributed by atoms with Crippen LogP contribution in [0.1, 0.15) is 31.9 Å². The standard InChI is InChI=1S/C21H20N2O6S/c1-4-29-20(15-8-6-5-7-9-15)19-17-12-16(30(27,28)22-13(2)24)10-11-18(17)23(14(3)25)21(19)26/h5-12H,4H2,1-3H3,(H,22,24). The first-order valence-corrected chi connectivity index (χ1v) is 10.6. The average molecular weight is 428 g/mol. The van der Waals surface area contributed by atoms with Gasteiger partial charge in [0.2, 0.25) is 11.8 Å². The molecule has 0 saturated carbocycles. The molecule has 9 heteroatoms. The Balaban J connectivity index is 2.31. The fourth-order valence-corrected chi connectivity index (χ4v) is 4.24.